The fourth-order valence-corrected chi connectivity index (χ4v) is 3.07. The van der Waals surface area contributed by atoms with Crippen molar-refractivity contribution >= 4 is 5.78 Å². The summed E-state index contributed by atoms with van der Waals surface area (Å²) in [5.41, 5.74) is 2.23. The van der Waals surface area contributed by atoms with Gasteiger partial charge in [0.15, 0.2) is 5.78 Å². The summed E-state index contributed by atoms with van der Waals surface area (Å²) in [6.07, 6.45) is 13.6. The summed E-state index contributed by atoms with van der Waals surface area (Å²) in [5.74, 6) is 0.314. The molecule has 2 heteroatoms. The van der Waals surface area contributed by atoms with Gasteiger partial charge in [-0.15, -0.1) is 0 Å². The summed E-state index contributed by atoms with van der Waals surface area (Å²) in [7, 11) is 1.70. The zero-order valence-electron chi connectivity index (χ0n) is 13.7. The molecule has 1 rings (SSSR count). The van der Waals surface area contributed by atoms with Gasteiger partial charge in [-0.3, -0.25) is 4.79 Å². The minimum Gasteiger partial charge on any atom is -0.377 e. The van der Waals surface area contributed by atoms with Crippen LogP contribution in [0.15, 0.2) is 11.1 Å². The third-order valence-electron chi connectivity index (χ3n) is 4.48. The highest BCUT2D eigenvalue weighted by atomic mass is 16.5. The Labute approximate surface area is 125 Å². The van der Waals surface area contributed by atoms with E-state index in [2.05, 4.69) is 13.8 Å². The maximum atomic E-state index is 11.9. The van der Waals surface area contributed by atoms with Gasteiger partial charge in [0.05, 0.1) is 6.10 Å². The second-order valence-electron chi connectivity index (χ2n) is 6.09. The molecule has 20 heavy (non-hydrogen) atoms. The van der Waals surface area contributed by atoms with Crippen LogP contribution in [-0.2, 0) is 9.53 Å². The lowest BCUT2D eigenvalue weighted by Gasteiger charge is -2.08. The van der Waals surface area contributed by atoms with E-state index in [9.17, 15) is 4.79 Å². The Kier molecular flexibility index (Phi) is 8.84. The molecule has 0 aliphatic heterocycles. The first-order valence-electron chi connectivity index (χ1n) is 8.46. The number of ether oxygens (including phenoxy) is 1. The molecule has 0 aromatic heterocycles. The van der Waals surface area contributed by atoms with Crippen molar-refractivity contribution < 1.29 is 9.53 Å². The van der Waals surface area contributed by atoms with Crippen LogP contribution in [0.3, 0.4) is 0 Å². The summed E-state index contributed by atoms with van der Waals surface area (Å²) >= 11 is 0. The van der Waals surface area contributed by atoms with E-state index in [-0.39, 0.29) is 6.10 Å². The maximum Gasteiger partial charge on any atom is 0.161 e. The van der Waals surface area contributed by atoms with Crippen LogP contribution in [0.25, 0.3) is 0 Å². The van der Waals surface area contributed by atoms with E-state index in [1.165, 1.54) is 56.9 Å². The number of rotatable bonds is 11. The quantitative estimate of drug-likeness (QED) is 0.485. The van der Waals surface area contributed by atoms with Crippen LogP contribution in [0, 0.1) is 0 Å². The number of carbonyl (C=O) groups is 1. The smallest absolute Gasteiger partial charge is 0.161 e. The molecular formula is C18H32O2. The molecule has 0 saturated carbocycles. The molecule has 0 amide bonds. The van der Waals surface area contributed by atoms with Crippen LogP contribution in [0.1, 0.15) is 84.5 Å². The predicted molar refractivity (Wildman–Crippen MR) is 85.0 cm³/mol. The first-order chi connectivity index (χ1) is 9.70. The molecule has 0 fully saturated rings. The molecule has 1 atom stereocenters. The average molecular weight is 280 g/mol. The molecule has 0 spiro atoms. The number of unbranched alkanes of at least 4 members (excludes halogenated alkanes) is 8. The largest absolute Gasteiger partial charge is 0.377 e. The molecule has 0 saturated heterocycles. The fraction of sp³-hybridized carbons (Fsp3) is 0.833. The Hall–Kier alpha value is -0.630. The molecule has 1 aliphatic rings. The summed E-state index contributed by atoms with van der Waals surface area (Å²) < 4.78 is 5.34. The third kappa shape index (κ3) is 5.78. The molecule has 0 aromatic carbocycles. The Bertz CT molecular complexity index is 317. The summed E-state index contributed by atoms with van der Waals surface area (Å²) in [6.45, 7) is 4.32. The van der Waals surface area contributed by atoms with Gasteiger partial charge in [0, 0.05) is 13.5 Å². The van der Waals surface area contributed by atoms with Crippen molar-refractivity contribution in [1.29, 1.82) is 0 Å². The van der Waals surface area contributed by atoms with Crippen LogP contribution < -0.4 is 0 Å². The van der Waals surface area contributed by atoms with Crippen LogP contribution in [-0.4, -0.2) is 19.0 Å². The summed E-state index contributed by atoms with van der Waals surface area (Å²) in [4.78, 5) is 11.9. The van der Waals surface area contributed by atoms with Gasteiger partial charge >= 0.3 is 0 Å². The van der Waals surface area contributed by atoms with Crippen LogP contribution in [0.4, 0.5) is 0 Å². The maximum absolute atomic E-state index is 11.9. The van der Waals surface area contributed by atoms with E-state index >= 15 is 0 Å². The predicted octanol–water partition coefficient (Wildman–Crippen LogP) is 5.21. The highest BCUT2D eigenvalue weighted by Crippen LogP contribution is 2.29. The van der Waals surface area contributed by atoms with Gasteiger partial charge in [-0.25, -0.2) is 0 Å². The standard InChI is InChI=1S/C18H32O2/c1-4-5-6-7-8-9-10-11-12-13-16-15(2)18(20-3)14-17(16)19/h18H,4-14H2,1-3H3. The first-order valence-corrected chi connectivity index (χ1v) is 8.46. The van der Waals surface area contributed by atoms with Crippen molar-refractivity contribution in [2.24, 2.45) is 0 Å². The van der Waals surface area contributed by atoms with Crippen molar-refractivity contribution in [1.82, 2.24) is 0 Å². The number of methoxy groups -OCH3 is 1. The lowest BCUT2D eigenvalue weighted by Crippen LogP contribution is -2.08. The lowest BCUT2D eigenvalue weighted by molar-refractivity contribution is -0.116. The summed E-state index contributed by atoms with van der Waals surface area (Å²) in [6, 6.07) is 0. The second kappa shape index (κ2) is 10.1. The minimum atomic E-state index is 0.0519. The van der Waals surface area contributed by atoms with Gasteiger partial charge < -0.3 is 4.74 Å². The van der Waals surface area contributed by atoms with Crippen molar-refractivity contribution in [3.63, 3.8) is 0 Å². The van der Waals surface area contributed by atoms with Crippen molar-refractivity contribution in [3.05, 3.63) is 11.1 Å². The number of hydrogen-bond donors (Lipinski definition) is 0. The van der Waals surface area contributed by atoms with E-state index < -0.39 is 0 Å². The van der Waals surface area contributed by atoms with Crippen molar-refractivity contribution in [2.75, 3.05) is 7.11 Å². The SMILES string of the molecule is CCCCCCCCCCCC1=C(C)C(OC)CC1=O. The van der Waals surface area contributed by atoms with Crippen LogP contribution in [0.2, 0.25) is 0 Å². The van der Waals surface area contributed by atoms with Gasteiger partial charge in [0.2, 0.25) is 0 Å². The Morgan fingerprint density at radius 3 is 2.05 bits per heavy atom. The molecule has 0 radical (unpaired) electrons. The highest BCUT2D eigenvalue weighted by Gasteiger charge is 2.28. The van der Waals surface area contributed by atoms with Crippen LogP contribution >= 0.6 is 0 Å². The van der Waals surface area contributed by atoms with Gasteiger partial charge in [-0.05, 0) is 30.9 Å². The molecule has 0 heterocycles. The van der Waals surface area contributed by atoms with Gasteiger partial charge in [0.1, 0.15) is 0 Å². The van der Waals surface area contributed by atoms with E-state index in [0.29, 0.717) is 12.2 Å². The topological polar surface area (TPSA) is 26.3 Å². The van der Waals surface area contributed by atoms with E-state index in [1.54, 1.807) is 7.11 Å². The minimum absolute atomic E-state index is 0.0519. The zero-order valence-corrected chi connectivity index (χ0v) is 13.7. The van der Waals surface area contributed by atoms with E-state index in [0.717, 1.165) is 18.4 Å². The fourth-order valence-electron chi connectivity index (χ4n) is 3.07. The molecule has 0 N–H and O–H groups in total. The third-order valence-corrected chi connectivity index (χ3v) is 4.48. The van der Waals surface area contributed by atoms with E-state index in [4.69, 9.17) is 4.74 Å². The monoisotopic (exact) mass is 280 g/mol. The van der Waals surface area contributed by atoms with Gasteiger partial charge in [-0.1, -0.05) is 58.3 Å². The molecular weight excluding hydrogens is 248 g/mol. The number of hydrogen-bond acceptors (Lipinski definition) is 2. The van der Waals surface area contributed by atoms with Gasteiger partial charge in [-0.2, -0.15) is 0 Å². The summed E-state index contributed by atoms with van der Waals surface area (Å²) in [5, 5.41) is 0. The number of carbonyl (C=O) groups excluding carboxylic acids is 1. The lowest BCUT2D eigenvalue weighted by atomic mass is 10.0. The van der Waals surface area contributed by atoms with E-state index in [1.807, 2.05) is 0 Å². The van der Waals surface area contributed by atoms with Gasteiger partial charge in [0.25, 0.3) is 0 Å². The molecule has 2 nitrogen and oxygen atoms in total. The second-order valence-corrected chi connectivity index (χ2v) is 6.09. The Morgan fingerprint density at radius 2 is 1.55 bits per heavy atom. The molecule has 1 unspecified atom stereocenters. The highest BCUT2D eigenvalue weighted by molar-refractivity contribution is 5.99. The first kappa shape index (κ1) is 17.4. The van der Waals surface area contributed by atoms with Crippen molar-refractivity contribution in [2.45, 2.75) is 90.6 Å². The molecule has 0 aromatic rings. The number of ketones is 1. The number of Topliss-reactive ketones (excluding diaryl/α,β-unsaturated/α-hetero) is 1. The normalized spacial score (nSPS) is 19.1. The van der Waals surface area contributed by atoms with Crippen LogP contribution in [0.5, 0.6) is 0 Å². The molecule has 1 aliphatic carbocycles. The van der Waals surface area contributed by atoms with Crippen molar-refractivity contribution in [3.8, 4) is 0 Å². The Balaban J connectivity index is 2.07. The zero-order chi connectivity index (χ0) is 14.8. The molecule has 116 valence electrons. The number of allylic oxidation sites excluding steroid dienone is 1. The Morgan fingerprint density at radius 1 is 1.00 bits per heavy atom. The molecule has 0 bridgehead atoms. The average Bonchev–Trinajstić information content (AvgIpc) is 2.72.